The Balaban J connectivity index is 1.65. The molecule has 2 aromatic carbocycles. The third kappa shape index (κ3) is 3.07. The van der Waals surface area contributed by atoms with Crippen molar-refractivity contribution in [3.05, 3.63) is 83.7 Å². The zero-order valence-corrected chi connectivity index (χ0v) is 17.7. The Morgan fingerprint density at radius 3 is 2.20 bits per heavy atom. The zero-order valence-electron chi connectivity index (χ0n) is 17.7. The maximum atomic E-state index is 6.29. The van der Waals surface area contributed by atoms with Crippen LogP contribution >= 0.6 is 0 Å². The van der Waals surface area contributed by atoms with E-state index in [0.29, 0.717) is 11.6 Å². The summed E-state index contributed by atoms with van der Waals surface area (Å²) in [7, 11) is 0. The van der Waals surface area contributed by atoms with Gasteiger partial charge in [0.1, 0.15) is 5.58 Å². The molecule has 3 aromatic heterocycles. The number of nitrogens with zero attached hydrogens (tertiary/aromatic N) is 2. The molecule has 5 rings (SSSR count). The molecule has 0 aliphatic carbocycles. The zero-order chi connectivity index (χ0) is 20.8. The number of fused-ring (bicyclic) bond motifs is 3. The first-order valence-corrected chi connectivity index (χ1v) is 10.4. The van der Waals surface area contributed by atoms with Gasteiger partial charge in [-0.3, -0.25) is 4.98 Å². The second kappa shape index (κ2) is 7.10. The average molecular weight is 393 g/mol. The van der Waals surface area contributed by atoms with Crippen molar-refractivity contribution in [2.75, 3.05) is 0 Å². The highest BCUT2D eigenvalue weighted by molar-refractivity contribution is 6.09. The van der Waals surface area contributed by atoms with Crippen molar-refractivity contribution in [3.63, 3.8) is 0 Å². The molecule has 3 heterocycles. The minimum absolute atomic E-state index is 0.361. The summed E-state index contributed by atoms with van der Waals surface area (Å²) in [6.07, 6.45) is 1.94. The maximum absolute atomic E-state index is 6.29. The molecule has 3 nitrogen and oxygen atoms in total. The molecule has 5 aromatic rings. The fourth-order valence-corrected chi connectivity index (χ4v) is 3.93. The number of hydrogen-bond donors (Lipinski definition) is 0. The van der Waals surface area contributed by atoms with Gasteiger partial charge in [-0.05, 0) is 49.1 Å². The first-order valence-electron chi connectivity index (χ1n) is 10.4. The molecule has 0 fully saturated rings. The van der Waals surface area contributed by atoms with Crippen molar-refractivity contribution < 1.29 is 4.42 Å². The first kappa shape index (κ1) is 18.6. The summed E-state index contributed by atoms with van der Waals surface area (Å²) in [5.74, 6) is 0.361. The number of furan rings is 1. The van der Waals surface area contributed by atoms with Crippen LogP contribution in [0.1, 0.15) is 36.6 Å². The van der Waals surface area contributed by atoms with Gasteiger partial charge in [-0.15, -0.1) is 0 Å². The lowest BCUT2D eigenvalue weighted by molar-refractivity contribution is 0.648. The van der Waals surface area contributed by atoms with Gasteiger partial charge in [0.15, 0.2) is 0 Å². The van der Waals surface area contributed by atoms with Gasteiger partial charge in [0.25, 0.3) is 0 Å². The smallest absolute Gasteiger partial charge is 0.227 e. The van der Waals surface area contributed by atoms with E-state index in [1.54, 1.807) is 0 Å². The largest absolute Gasteiger partial charge is 0.437 e. The van der Waals surface area contributed by atoms with Gasteiger partial charge in [-0.2, -0.15) is 0 Å². The fraction of sp³-hybridized carbons (Fsp3) is 0.185. The quantitative estimate of drug-likeness (QED) is 0.320. The fourth-order valence-electron chi connectivity index (χ4n) is 3.93. The van der Waals surface area contributed by atoms with Crippen LogP contribution < -0.4 is 0 Å². The molecule has 0 saturated carbocycles. The maximum Gasteiger partial charge on any atom is 0.227 e. The van der Waals surface area contributed by atoms with Crippen LogP contribution in [0, 0.1) is 13.8 Å². The van der Waals surface area contributed by atoms with Crippen LogP contribution in [0.15, 0.2) is 71.3 Å². The Labute approximate surface area is 176 Å². The van der Waals surface area contributed by atoms with Crippen molar-refractivity contribution in [2.45, 2.75) is 33.6 Å². The summed E-state index contributed by atoms with van der Waals surface area (Å²) in [6.45, 7) is 8.49. The van der Waals surface area contributed by atoms with Crippen LogP contribution in [0.5, 0.6) is 0 Å². The molecular weight excluding hydrogens is 368 g/mol. The molecule has 148 valence electrons. The number of benzene rings is 2. The lowest BCUT2D eigenvalue weighted by Gasteiger charge is -2.08. The second-order valence-electron chi connectivity index (χ2n) is 8.28. The number of pyridine rings is 2. The number of aryl methyl sites for hydroxylation is 2. The molecule has 0 aliphatic rings. The van der Waals surface area contributed by atoms with Gasteiger partial charge in [-0.25, -0.2) is 4.98 Å². The Hall–Kier alpha value is -3.46. The third-order valence-electron chi connectivity index (χ3n) is 5.73. The third-order valence-corrected chi connectivity index (χ3v) is 5.73. The van der Waals surface area contributed by atoms with Gasteiger partial charge in [-0.1, -0.05) is 61.9 Å². The van der Waals surface area contributed by atoms with E-state index < -0.39 is 0 Å². The van der Waals surface area contributed by atoms with Crippen LogP contribution in [0.2, 0.25) is 0 Å². The minimum Gasteiger partial charge on any atom is -0.437 e. The highest BCUT2D eigenvalue weighted by Crippen LogP contribution is 2.37. The van der Waals surface area contributed by atoms with Crippen molar-refractivity contribution in [1.82, 2.24) is 9.97 Å². The Kier molecular flexibility index (Phi) is 4.39. The monoisotopic (exact) mass is 392 g/mol. The van der Waals surface area contributed by atoms with E-state index in [-0.39, 0.29) is 0 Å². The lowest BCUT2D eigenvalue weighted by atomic mass is 9.99. The Morgan fingerprint density at radius 2 is 1.50 bits per heavy atom. The molecule has 3 heteroatoms. The highest BCUT2D eigenvalue weighted by Gasteiger charge is 2.17. The lowest BCUT2D eigenvalue weighted by Crippen LogP contribution is -1.90. The number of rotatable bonds is 3. The van der Waals surface area contributed by atoms with Crippen LogP contribution in [-0.2, 0) is 0 Å². The molecule has 0 N–H and O–H groups in total. The summed E-state index contributed by atoms with van der Waals surface area (Å²) < 4.78 is 6.29. The van der Waals surface area contributed by atoms with Gasteiger partial charge in [0, 0.05) is 33.8 Å². The molecule has 0 unspecified atom stereocenters. The Bertz CT molecular complexity index is 1360. The molecule has 30 heavy (non-hydrogen) atoms. The van der Waals surface area contributed by atoms with Crippen LogP contribution in [0.4, 0.5) is 0 Å². The molecule has 0 spiro atoms. The summed E-state index contributed by atoms with van der Waals surface area (Å²) >= 11 is 0. The van der Waals surface area contributed by atoms with E-state index in [0.717, 1.165) is 44.4 Å². The van der Waals surface area contributed by atoms with Crippen molar-refractivity contribution in [1.29, 1.82) is 0 Å². The molecular formula is C27H24N2O. The van der Waals surface area contributed by atoms with E-state index in [9.17, 15) is 0 Å². The van der Waals surface area contributed by atoms with Gasteiger partial charge >= 0.3 is 0 Å². The van der Waals surface area contributed by atoms with Gasteiger partial charge in [0.05, 0.1) is 5.69 Å². The van der Waals surface area contributed by atoms with E-state index in [1.807, 2.05) is 6.20 Å². The van der Waals surface area contributed by atoms with Gasteiger partial charge in [0.2, 0.25) is 5.71 Å². The first-order chi connectivity index (χ1) is 14.5. The van der Waals surface area contributed by atoms with Crippen molar-refractivity contribution >= 4 is 22.1 Å². The number of hydrogen-bond acceptors (Lipinski definition) is 3. The van der Waals surface area contributed by atoms with E-state index in [4.69, 9.17) is 14.4 Å². The highest BCUT2D eigenvalue weighted by atomic mass is 16.3. The van der Waals surface area contributed by atoms with Gasteiger partial charge < -0.3 is 4.42 Å². The van der Waals surface area contributed by atoms with Crippen LogP contribution in [-0.4, -0.2) is 9.97 Å². The summed E-state index contributed by atoms with van der Waals surface area (Å²) in [5.41, 5.74) is 9.21. The van der Waals surface area contributed by atoms with E-state index in [1.165, 1.54) is 11.1 Å². The molecule has 0 amide bonds. The predicted molar refractivity (Wildman–Crippen MR) is 124 cm³/mol. The predicted octanol–water partition coefficient (Wildman–Crippen LogP) is 7.45. The summed E-state index contributed by atoms with van der Waals surface area (Å²) in [5, 5.41) is 2.13. The summed E-state index contributed by atoms with van der Waals surface area (Å²) in [4.78, 5) is 9.54. The second-order valence-corrected chi connectivity index (χ2v) is 8.28. The molecule has 0 aliphatic heterocycles. The molecule has 0 atom stereocenters. The average Bonchev–Trinajstić information content (AvgIpc) is 3.12. The molecule has 0 bridgehead atoms. The van der Waals surface area contributed by atoms with E-state index in [2.05, 4.69) is 88.4 Å². The summed E-state index contributed by atoms with van der Waals surface area (Å²) in [6, 6.07) is 21.2. The number of aromatic nitrogens is 2. The van der Waals surface area contributed by atoms with Crippen LogP contribution in [0.3, 0.4) is 0 Å². The molecule has 0 radical (unpaired) electrons. The standard InChI is InChI=1S/C27H24N2O/c1-16(2)23-14-12-22-21-11-7-18(4)25(26(21)30-27(22)29-23)24-13-10-20(15-28-24)19-8-5-17(3)6-9-19/h5-16H,1-4H3. The normalized spacial score (nSPS) is 11.6. The Morgan fingerprint density at radius 1 is 0.767 bits per heavy atom. The van der Waals surface area contributed by atoms with Crippen molar-refractivity contribution in [3.8, 4) is 22.4 Å². The van der Waals surface area contributed by atoms with E-state index >= 15 is 0 Å². The van der Waals surface area contributed by atoms with Crippen molar-refractivity contribution in [2.24, 2.45) is 0 Å². The molecule has 0 saturated heterocycles. The minimum atomic E-state index is 0.361. The SMILES string of the molecule is Cc1ccc(-c2ccc(-c3c(C)ccc4c3oc3nc(C(C)C)ccc34)nc2)cc1. The van der Waals surface area contributed by atoms with Crippen LogP contribution in [0.25, 0.3) is 44.5 Å². The topological polar surface area (TPSA) is 38.9 Å².